The predicted octanol–water partition coefficient (Wildman–Crippen LogP) is 1.35. The quantitative estimate of drug-likeness (QED) is 0.705. The van der Waals surface area contributed by atoms with Crippen molar-refractivity contribution >= 4 is 5.82 Å². The van der Waals surface area contributed by atoms with E-state index in [-0.39, 0.29) is 0 Å². The second-order valence-corrected chi connectivity index (χ2v) is 4.09. The van der Waals surface area contributed by atoms with Crippen molar-refractivity contribution in [2.45, 2.75) is 39.3 Å². The molecule has 1 unspecified atom stereocenters. The number of fused-ring (bicyclic) bond motifs is 1. The molecule has 2 rings (SSSR count). The largest absolute Gasteiger partial charge is 0.383 e. The Kier molecular flexibility index (Phi) is 2.15. The Morgan fingerprint density at radius 2 is 2.14 bits per heavy atom. The van der Waals surface area contributed by atoms with Crippen LogP contribution >= 0.6 is 0 Å². The van der Waals surface area contributed by atoms with Gasteiger partial charge in [0.15, 0.2) is 0 Å². The van der Waals surface area contributed by atoms with Crippen LogP contribution in [0.4, 0.5) is 5.82 Å². The summed E-state index contributed by atoms with van der Waals surface area (Å²) in [5.41, 5.74) is 8.02. The maximum absolute atomic E-state index is 5.88. The molecule has 0 bridgehead atoms. The molecule has 1 aliphatic heterocycles. The number of nitrogen functional groups attached to an aromatic ring is 1. The molecule has 0 spiro atoms. The summed E-state index contributed by atoms with van der Waals surface area (Å²) in [4.78, 5) is 8.85. The molecule has 4 heteroatoms. The van der Waals surface area contributed by atoms with Gasteiger partial charge in [0.25, 0.3) is 0 Å². The molecule has 3 N–H and O–H groups in total. The van der Waals surface area contributed by atoms with Crippen molar-refractivity contribution in [1.29, 1.82) is 0 Å². The molecule has 0 saturated carbocycles. The molecule has 0 saturated heterocycles. The molecule has 14 heavy (non-hydrogen) atoms. The van der Waals surface area contributed by atoms with Crippen LogP contribution in [0.2, 0.25) is 0 Å². The molecule has 1 aliphatic rings. The van der Waals surface area contributed by atoms with E-state index in [2.05, 4.69) is 36.1 Å². The third-order valence-corrected chi connectivity index (χ3v) is 2.60. The first-order chi connectivity index (χ1) is 6.59. The molecule has 0 fully saturated rings. The molecule has 2 heterocycles. The van der Waals surface area contributed by atoms with E-state index in [0.717, 1.165) is 23.6 Å². The van der Waals surface area contributed by atoms with Crippen LogP contribution in [0, 0.1) is 0 Å². The van der Waals surface area contributed by atoms with E-state index >= 15 is 0 Å². The molecule has 76 valence electrons. The van der Waals surface area contributed by atoms with E-state index in [4.69, 9.17) is 5.73 Å². The molecular weight excluding hydrogens is 176 g/mol. The fourth-order valence-corrected chi connectivity index (χ4v) is 1.69. The number of hydrogen-bond donors (Lipinski definition) is 2. The minimum Gasteiger partial charge on any atom is -0.383 e. The van der Waals surface area contributed by atoms with Crippen molar-refractivity contribution in [1.82, 2.24) is 15.3 Å². The summed E-state index contributed by atoms with van der Waals surface area (Å²) >= 11 is 0. The lowest BCUT2D eigenvalue weighted by molar-refractivity contribution is 0.619. The first kappa shape index (κ1) is 9.40. The van der Waals surface area contributed by atoms with E-state index in [1.54, 1.807) is 0 Å². The SMILES string of the molecule is CC(C)c1nc(N)c2c(n1)C(C)NC2. The zero-order chi connectivity index (χ0) is 10.3. The first-order valence-corrected chi connectivity index (χ1v) is 4.99. The van der Waals surface area contributed by atoms with E-state index in [1.807, 2.05) is 0 Å². The van der Waals surface area contributed by atoms with Crippen LogP contribution in [0.1, 0.15) is 49.8 Å². The fraction of sp³-hybridized carbons (Fsp3) is 0.600. The Morgan fingerprint density at radius 3 is 2.79 bits per heavy atom. The van der Waals surface area contributed by atoms with Crippen LogP contribution in [-0.2, 0) is 6.54 Å². The Balaban J connectivity index is 2.52. The molecule has 4 nitrogen and oxygen atoms in total. The Morgan fingerprint density at radius 1 is 1.43 bits per heavy atom. The van der Waals surface area contributed by atoms with Gasteiger partial charge < -0.3 is 11.1 Å². The van der Waals surface area contributed by atoms with E-state index < -0.39 is 0 Å². The van der Waals surface area contributed by atoms with Gasteiger partial charge in [0.2, 0.25) is 0 Å². The lowest BCUT2D eigenvalue weighted by atomic mass is 10.1. The van der Waals surface area contributed by atoms with Gasteiger partial charge in [-0.1, -0.05) is 13.8 Å². The molecule has 0 amide bonds. The van der Waals surface area contributed by atoms with Crippen LogP contribution in [0.25, 0.3) is 0 Å². The minimum absolute atomic E-state index is 0.299. The third kappa shape index (κ3) is 1.35. The highest BCUT2D eigenvalue weighted by molar-refractivity contribution is 5.45. The lowest BCUT2D eigenvalue weighted by Crippen LogP contribution is -2.09. The van der Waals surface area contributed by atoms with Gasteiger partial charge >= 0.3 is 0 Å². The number of hydrogen-bond acceptors (Lipinski definition) is 4. The van der Waals surface area contributed by atoms with Crippen molar-refractivity contribution in [3.05, 3.63) is 17.1 Å². The summed E-state index contributed by atoms with van der Waals surface area (Å²) in [5, 5.41) is 3.31. The molecule has 0 aromatic carbocycles. The fourth-order valence-electron chi connectivity index (χ4n) is 1.69. The summed E-state index contributed by atoms with van der Waals surface area (Å²) in [6, 6.07) is 0.299. The van der Waals surface area contributed by atoms with E-state index in [0.29, 0.717) is 17.8 Å². The smallest absolute Gasteiger partial charge is 0.133 e. The normalized spacial score (nSPS) is 20.1. The highest BCUT2D eigenvalue weighted by Gasteiger charge is 2.23. The Bertz CT molecular complexity index is 359. The highest BCUT2D eigenvalue weighted by Crippen LogP contribution is 2.27. The van der Waals surface area contributed by atoms with Gasteiger partial charge in [0, 0.05) is 24.1 Å². The number of anilines is 1. The minimum atomic E-state index is 0.299. The van der Waals surface area contributed by atoms with Crippen LogP contribution in [0.15, 0.2) is 0 Å². The zero-order valence-corrected chi connectivity index (χ0v) is 8.83. The number of aromatic nitrogens is 2. The van der Waals surface area contributed by atoms with E-state index in [1.165, 1.54) is 0 Å². The predicted molar refractivity (Wildman–Crippen MR) is 55.8 cm³/mol. The third-order valence-electron chi connectivity index (χ3n) is 2.60. The van der Waals surface area contributed by atoms with Gasteiger partial charge in [0.05, 0.1) is 5.69 Å². The van der Waals surface area contributed by atoms with Crippen molar-refractivity contribution in [3.63, 3.8) is 0 Å². The molecule has 1 aromatic rings. The number of nitrogens with one attached hydrogen (secondary N) is 1. The Labute approximate surface area is 83.9 Å². The Hall–Kier alpha value is -1.16. The van der Waals surface area contributed by atoms with Gasteiger partial charge in [-0.15, -0.1) is 0 Å². The summed E-state index contributed by atoms with van der Waals surface area (Å²) in [7, 11) is 0. The number of nitrogens with two attached hydrogens (primary N) is 1. The van der Waals surface area contributed by atoms with Crippen molar-refractivity contribution < 1.29 is 0 Å². The molecule has 1 atom stereocenters. The molecule has 0 aliphatic carbocycles. The maximum atomic E-state index is 5.88. The van der Waals surface area contributed by atoms with Gasteiger partial charge in [-0.2, -0.15) is 0 Å². The first-order valence-electron chi connectivity index (χ1n) is 4.99. The molecular formula is C10H16N4. The average Bonchev–Trinajstić information content (AvgIpc) is 2.48. The van der Waals surface area contributed by atoms with Crippen LogP contribution in [0.3, 0.4) is 0 Å². The van der Waals surface area contributed by atoms with Crippen LogP contribution < -0.4 is 11.1 Å². The second-order valence-electron chi connectivity index (χ2n) is 4.09. The van der Waals surface area contributed by atoms with Gasteiger partial charge in [-0.25, -0.2) is 9.97 Å². The van der Waals surface area contributed by atoms with E-state index in [9.17, 15) is 0 Å². The summed E-state index contributed by atoms with van der Waals surface area (Å²) in [5.74, 6) is 1.81. The highest BCUT2D eigenvalue weighted by atomic mass is 15.0. The van der Waals surface area contributed by atoms with Crippen molar-refractivity contribution in [2.24, 2.45) is 0 Å². The number of rotatable bonds is 1. The molecule has 0 radical (unpaired) electrons. The monoisotopic (exact) mass is 192 g/mol. The second kappa shape index (κ2) is 3.20. The summed E-state index contributed by atoms with van der Waals surface area (Å²) in [6.07, 6.45) is 0. The summed E-state index contributed by atoms with van der Waals surface area (Å²) in [6.45, 7) is 7.05. The van der Waals surface area contributed by atoms with Gasteiger partial charge in [-0.05, 0) is 6.92 Å². The lowest BCUT2D eigenvalue weighted by Gasteiger charge is -2.09. The summed E-state index contributed by atoms with van der Waals surface area (Å²) < 4.78 is 0. The average molecular weight is 192 g/mol. The maximum Gasteiger partial charge on any atom is 0.133 e. The van der Waals surface area contributed by atoms with Crippen LogP contribution in [-0.4, -0.2) is 9.97 Å². The van der Waals surface area contributed by atoms with Crippen LogP contribution in [0.5, 0.6) is 0 Å². The van der Waals surface area contributed by atoms with Gasteiger partial charge in [-0.3, -0.25) is 0 Å². The molecule has 1 aromatic heterocycles. The zero-order valence-electron chi connectivity index (χ0n) is 8.83. The van der Waals surface area contributed by atoms with Crippen molar-refractivity contribution in [2.75, 3.05) is 5.73 Å². The number of nitrogens with zero attached hydrogens (tertiary/aromatic N) is 2. The van der Waals surface area contributed by atoms with Crippen molar-refractivity contribution in [3.8, 4) is 0 Å². The standard InChI is InChI=1S/C10H16N4/c1-5(2)10-13-8-6(3)12-4-7(8)9(11)14-10/h5-6,12H,4H2,1-3H3,(H2,11,13,14). The topological polar surface area (TPSA) is 63.8 Å². The van der Waals surface area contributed by atoms with Gasteiger partial charge in [0.1, 0.15) is 11.6 Å².